The van der Waals surface area contributed by atoms with Gasteiger partial charge in [0.1, 0.15) is 29.4 Å². The first-order valence-electron chi connectivity index (χ1n) is 11.8. The predicted octanol–water partition coefficient (Wildman–Crippen LogP) is 4.40. The van der Waals surface area contributed by atoms with Gasteiger partial charge in [0.2, 0.25) is 15.0 Å². The molecule has 5 aromatic rings. The molecule has 11 nitrogen and oxygen atoms in total. The number of sulfonamides is 1. The number of furan rings is 1. The van der Waals surface area contributed by atoms with Crippen molar-refractivity contribution in [3.05, 3.63) is 40.5 Å². The summed E-state index contributed by atoms with van der Waals surface area (Å²) in [6.07, 6.45) is 4.59. The summed E-state index contributed by atoms with van der Waals surface area (Å²) in [5.41, 5.74) is 2.09. The zero-order chi connectivity index (χ0) is 26.4. The Morgan fingerprint density at radius 3 is 2.66 bits per heavy atom. The topological polar surface area (TPSA) is 121 Å². The summed E-state index contributed by atoms with van der Waals surface area (Å²) in [7, 11) is 0.0233. The Bertz CT molecular complexity index is 1680. The van der Waals surface area contributed by atoms with Crippen molar-refractivity contribution in [1.29, 1.82) is 0 Å². The normalized spacial score (nSPS) is 15.4. The van der Waals surface area contributed by atoms with Gasteiger partial charge in [0.25, 0.3) is 5.19 Å². The number of thiazole rings is 1. The maximum atomic E-state index is 11.8. The van der Waals surface area contributed by atoms with Crippen LogP contribution in [-0.4, -0.2) is 65.9 Å². The van der Waals surface area contributed by atoms with Crippen LogP contribution in [0.5, 0.6) is 16.7 Å². The lowest BCUT2D eigenvalue weighted by atomic mass is 9.99. The fraction of sp³-hybridized carbons (Fsp3) is 0.375. The molecule has 1 saturated heterocycles. The molecule has 4 aromatic heterocycles. The van der Waals surface area contributed by atoms with Crippen LogP contribution in [0.1, 0.15) is 29.5 Å². The number of aromatic nitrogens is 4. The van der Waals surface area contributed by atoms with Crippen molar-refractivity contribution in [1.82, 2.24) is 23.9 Å². The van der Waals surface area contributed by atoms with Crippen molar-refractivity contribution in [3.8, 4) is 28.1 Å². The van der Waals surface area contributed by atoms with Gasteiger partial charge in [0, 0.05) is 36.5 Å². The maximum absolute atomic E-state index is 11.8. The SMILES string of the molecule is COc1cc(OCc2csc(C3CCN(S(C)(=O)=O)CC3)n2)c2cc(-c3cn4nc(OC)sc4n3)oc2c1. The van der Waals surface area contributed by atoms with E-state index in [-0.39, 0.29) is 12.5 Å². The van der Waals surface area contributed by atoms with Crippen LogP contribution < -0.4 is 14.2 Å². The quantitative estimate of drug-likeness (QED) is 0.265. The third-order valence-corrected chi connectivity index (χ3v) is 9.72. The van der Waals surface area contributed by atoms with Gasteiger partial charge in [-0.3, -0.25) is 0 Å². The average Bonchev–Trinajstić information content (AvgIpc) is 3.69. The van der Waals surface area contributed by atoms with E-state index in [1.165, 1.54) is 21.9 Å². The second kappa shape index (κ2) is 9.84. The number of ether oxygens (including phenoxy) is 3. The van der Waals surface area contributed by atoms with E-state index in [1.54, 1.807) is 36.3 Å². The van der Waals surface area contributed by atoms with Crippen molar-refractivity contribution < 1.29 is 27.0 Å². The molecule has 6 rings (SSSR count). The minimum absolute atomic E-state index is 0.255. The molecule has 0 spiro atoms. The van der Waals surface area contributed by atoms with Crippen LogP contribution in [0.25, 0.3) is 27.4 Å². The first-order valence-corrected chi connectivity index (χ1v) is 15.4. The van der Waals surface area contributed by atoms with E-state index in [1.807, 2.05) is 23.6 Å². The summed E-state index contributed by atoms with van der Waals surface area (Å²) in [6, 6.07) is 5.54. The summed E-state index contributed by atoms with van der Waals surface area (Å²) in [6.45, 7) is 1.33. The van der Waals surface area contributed by atoms with Crippen LogP contribution in [0.15, 0.2) is 34.2 Å². The minimum atomic E-state index is -3.15. The smallest absolute Gasteiger partial charge is 0.294 e. The Hall–Kier alpha value is -3.20. The lowest BCUT2D eigenvalue weighted by Gasteiger charge is -2.29. The van der Waals surface area contributed by atoms with E-state index in [9.17, 15) is 8.42 Å². The Morgan fingerprint density at radius 2 is 1.95 bits per heavy atom. The summed E-state index contributed by atoms with van der Waals surface area (Å²) < 4.78 is 49.7. The molecule has 0 amide bonds. The molecular formula is C24H25N5O6S3. The Morgan fingerprint density at radius 1 is 1.13 bits per heavy atom. The number of imidazole rings is 1. The molecule has 0 unspecified atom stereocenters. The summed E-state index contributed by atoms with van der Waals surface area (Å²) in [5.74, 6) is 2.07. The molecule has 1 fully saturated rings. The number of piperidine rings is 1. The van der Waals surface area contributed by atoms with Gasteiger partial charge >= 0.3 is 0 Å². The lowest BCUT2D eigenvalue weighted by Crippen LogP contribution is -2.37. The summed E-state index contributed by atoms with van der Waals surface area (Å²) >= 11 is 2.94. The lowest BCUT2D eigenvalue weighted by molar-refractivity contribution is 0.301. The predicted molar refractivity (Wildman–Crippen MR) is 144 cm³/mol. The van der Waals surface area contributed by atoms with Crippen molar-refractivity contribution in [2.45, 2.75) is 25.4 Å². The van der Waals surface area contributed by atoms with Crippen molar-refractivity contribution in [2.24, 2.45) is 0 Å². The van der Waals surface area contributed by atoms with Gasteiger partial charge in [0.05, 0.1) is 42.8 Å². The highest BCUT2D eigenvalue weighted by atomic mass is 32.2. The van der Waals surface area contributed by atoms with Crippen molar-refractivity contribution >= 4 is 48.6 Å². The molecule has 0 radical (unpaired) electrons. The Labute approximate surface area is 226 Å². The average molecular weight is 576 g/mol. The van der Waals surface area contributed by atoms with Crippen LogP contribution in [0.2, 0.25) is 0 Å². The van der Waals surface area contributed by atoms with Gasteiger partial charge in [-0.1, -0.05) is 0 Å². The number of methoxy groups -OCH3 is 2. The van der Waals surface area contributed by atoms with Gasteiger partial charge in [-0.05, 0) is 30.2 Å². The molecule has 0 saturated carbocycles. The fourth-order valence-electron chi connectivity index (χ4n) is 4.49. The molecule has 200 valence electrons. The molecule has 0 N–H and O–H groups in total. The van der Waals surface area contributed by atoms with Crippen LogP contribution in [0, 0.1) is 0 Å². The van der Waals surface area contributed by atoms with E-state index in [4.69, 9.17) is 23.6 Å². The highest BCUT2D eigenvalue weighted by molar-refractivity contribution is 7.88. The monoisotopic (exact) mass is 575 g/mol. The van der Waals surface area contributed by atoms with Gasteiger partial charge in [-0.15, -0.1) is 16.4 Å². The molecule has 5 heterocycles. The van der Waals surface area contributed by atoms with Gasteiger partial charge in [0.15, 0.2) is 5.76 Å². The van der Waals surface area contributed by atoms with Crippen molar-refractivity contribution in [3.63, 3.8) is 0 Å². The number of benzene rings is 1. The van der Waals surface area contributed by atoms with Crippen LogP contribution in [0.4, 0.5) is 0 Å². The van der Waals surface area contributed by atoms with E-state index in [0.29, 0.717) is 51.8 Å². The summed E-state index contributed by atoms with van der Waals surface area (Å²) in [4.78, 5) is 10.1. The molecule has 0 bridgehead atoms. The van der Waals surface area contributed by atoms with Gasteiger partial charge in [-0.25, -0.2) is 27.2 Å². The van der Waals surface area contributed by atoms with E-state index >= 15 is 0 Å². The first kappa shape index (κ1) is 25.1. The van der Waals surface area contributed by atoms with E-state index in [0.717, 1.165) is 28.9 Å². The van der Waals surface area contributed by atoms with Crippen molar-refractivity contribution in [2.75, 3.05) is 33.6 Å². The van der Waals surface area contributed by atoms with Crippen LogP contribution in [0.3, 0.4) is 0 Å². The number of hydrogen-bond donors (Lipinski definition) is 0. The van der Waals surface area contributed by atoms with E-state index < -0.39 is 10.0 Å². The maximum Gasteiger partial charge on any atom is 0.294 e. The molecule has 1 aliphatic heterocycles. The second-order valence-electron chi connectivity index (χ2n) is 8.98. The van der Waals surface area contributed by atoms with Gasteiger partial charge in [-0.2, -0.15) is 0 Å². The Balaban J connectivity index is 1.20. The molecule has 38 heavy (non-hydrogen) atoms. The van der Waals surface area contributed by atoms with Gasteiger partial charge < -0.3 is 18.6 Å². The molecular weight excluding hydrogens is 550 g/mol. The third-order valence-electron chi connectivity index (χ3n) is 6.48. The van der Waals surface area contributed by atoms with Crippen LogP contribution >= 0.6 is 22.7 Å². The number of hydrogen-bond acceptors (Lipinski definition) is 11. The summed E-state index contributed by atoms with van der Waals surface area (Å²) in [5, 5.41) is 8.66. The van der Waals surface area contributed by atoms with E-state index in [2.05, 4.69) is 10.1 Å². The molecule has 1 aromatic carbocycles. The number of nitrogens with zero attached hydrogens (tertiary/aromatic N) is 5. The zero-order valence-electron chi connectivity index (χ0n) is 20.9. The Kier molecular flexibility index (Phi) is 6.50. The molecule has 1 aliphatic rings. The van der Waals surface area contributed by atoms with Crippen LogP contribution in [-0.2, 0) is 16.6 Å². The standard InChI is InChI=1S/C24H25N5O6S3/c1-32-16-8-19(34-12-15-13-36-22(25-15)14-4-6-28(7-5-14)38(3,30)31)17-10-21(35-20(17)9-16)18-11-29-23(26-18)37-24(27-29)33-2/h8-11,13-14H,4-7,12H2,1-3H3. The second-order valence-corrected chi connectivity index (χ2v) is 12.8. The number of fused-ring (bicyclic) bond motifs is 2. The zero-order valence-corrected chi connectivity index (χ0v) is 23.4. The first-order chi connectivity index (χ1) is 18.3. The highest BCUT2D eigenvalue weighted by Crippen LogP contribution is 2.38. The number of rotatable bonds is 8. The molecule has 0 atom stereocenters. The third kappa shape index (κ3) is 4.84. The minimum Gasteiger partial charge on any atom is -0.496 e. The molecule has 0 aliphatic carbocycles. The largest absolute Gasteiger partial charge is 0.496 e. The highest BCUT2D eigenvalue weighted by Gasteiger charge is 2.27. The fourth-order valence-corrected chi connectivity index (χ4v) is 7.04. The molecule has 14 heteroatoms.